The van der Waals surface area contributed by atoms with E-state index in [-0.39, 0.29) is 6.08 Å². The normalized spacial score (nSPS) is 17.2. The lowest BCUT2D eigenvalue weighted by Crippen LogP contribution is -2.71. The van der Waals surface area contributed by atoms with Crippen molar-refractivity contribution in [3.05, 3.63) is 12.7 Å². The maximum atomic E-state index is 13.5. The SMILES string of the molecule is C=CC(=O)OC(Br)(C(F)(F)F)C(F)(F)C(F)(F)C(F)(F)C(F)(F)F. The third-order valence-corrected chi connectivity index (χ3v) is 3.43. The number of hydrogen-bond donors (Lipinski definition) is 0. The van der Waals surface area contributed by atoms with Gasteiger partial charge in [-0.1, -0.05) is 6.58 Å². The number of ether oxygens (including phenoxy) is 1. The molecule has 24 heavy (non-hydrogen) atoms. The van der Waals surface area contributed by atoms with Crippen molar-refractivity contribution in [2.24, 2.45) is 0 Å². The van der Waals surface area contributed by atoms with Crippen LogP contribution in [0.15, 0.2) is 12.7 Å². The first-order chi connectivity index (χ1) is 10.2. The van der Waals surface area contributed by atoms with Crippen LogP contribution in [0, 0.1) is 0 Å². The Bertz CT molecular complexity index is 508. The Hall–Kier alpha value is -1.15. The molecule has 2 nitrogen and oxygen atoms in total. The summed E-state index contributed by atoms with van der Waals surface area (Å²) in [5.41, 5.74) is 0. The molecule has 0 aromatic rings. The maximum Gasteiger partial charge on any atom is 0.460 e. The van der Waals surface area contributed by atoms with Crippen molar-refractivity contribution in [3.63, 3.8) is 0 Å². The van der Waals surface area contributed by atoms with Crippen LogP contribution in [0.5, 0.6) is 0 Å². The highest BCUT2D eigenvalue weighted by molar-refractivity contribution is 9.10. The Kier molecular flexibility index (Phi) is 5.69. The molecule has 0 aliphatic heterocycles. The first-order valence-corrected chi connectivity index (χ1v) is 5.81. The predicted molar refractivity (Wildman–Crippen MR) is 54.9 cm³/mol. The minimum Gasteiger partial charge on any atom is -0.427 e. The van der Waals surface area contributed by atoms with Gasteiger partial charge in [0.2, 0.25) is 0 Å². The molecule has 0 rings (SSSR count). The molecule has 0 radical (unpaired) electrons. The average molecular weight is 451 g/mol. The summed E-state index contributed by atoms with van der Waals surface area (Å²) < 4.78 is 149. The van der Waals surface area contributed by atoms with Crippen LogP contribution in [0.3, 0.4) is 0 Å². The maximum absolute atomic E-state index is 13.5. The second-order valence-corrected chi connectivity index (χ2v) is 5.06. The largest absolute Gasteiger partial charge is 0.460 e. The summed E-state index contributed by atoms with van der Waals surface area (Å²) in [5.74, 6) is -25.0. The lowest BCUT2D eigenvalue weighted by molar-refractivity contribution is -0.424. The van der Waals surface area contributed by atoms with E-state index in [0.29, 0.717) is 0 Å². The topological polar surface area (TPSA) is 26.3 Å². The van der Waals surface area contributed by atoms with Gasteiger partial charge in [0, 0.05) is 6.08 Å². The molecule has 15 heteroatoms. The van der Waals surface area contributed by atoms with Crippen LogP contribution in [-0.2, 0) is 9.53 Å². The summed E-state index contributed by atoms with van der Waals surface area (Å²) in [6.07, 6.45) is -14.3. The van der Waals surface area contributed by atoms with Gasteiger partial charge < -0.3 is 4.74 Å². The molecule has 0 spiro atoms. The second-order valence-electron chi connectivity index (χ2n) is 3.94. The van der Waals surface area contributed by atoms with Crippen molar-refractivity contribution < 1.29 is 62.2 Å². The Morgan fingerprint density at radius 1 is 0.750 bits per heavy atom. The predicted octanol–water partition coefficient (Wildman–Crippen LogP) is 4.84. The van der Waals surface area contributed by atoms with Crippen LogP contribution in [0.2, 0.25) is 0 Å². The smallest absolute Gasteiger partial charge is 0.427 e. The van der Waals surface area contributed by atoms with Crippen LogP contribution < -0.4 is 0 Å². The Morgan fingerprint density at radius 3 is 1.38 bits per heavy atom. The number of halogens is 13. The van der Waals surface area contributed by atoms with Gasteiger partial charge in [-0.05, 0) is 15.9 Å². The molecular formula is C9H3BrF12O2. The molecule has 0 aromatic carbocycles. The monoisotopic (exact) mass is 450 g/mol. The molecule has 0 fully saturated rings. The van der Waals surface area contributed by atoms with Crippen molar-refractivity contribution in [1.29, 1.82) is 0 Å². The number of rotatable bonds is 5. The molecule has 1 atom stereocenters. The van der Waals surface area contributed by atoms with Gasteiger partial charge in [-0.15, -0.1) is 0 Å². The van der Waals surface area contributed by atoms with Crippen LogP contribution >= 0.6 is 15.9 Å². The second kappa shape index (κ2) is 5.98. The highest BCUT2D eigenvalue weighted by atomic mass is 79.9. The number of hydrogen-bond acceptors (Lipinski definition) is 2. The summed E-state index contributed by atoms with van der Waals surface area (Å²) in [6.45, 7) is 2.44. The molecule has 1 unspecified atom stereocenters. The first kappa shape index (κ1) is 22.9. The molecule has 0 aliphatic rings. The zero-order valence-electron chi connectivity index (χ0n) is 10.5. The van der Waals surface area contributed by atoms with E-state index in [1.807, 2.05) is 0 Å². The summed E-state index contributed by atoms with van der Waals surface area (Å²) in [4.78, 5) is 10.6. The number of alkyl halides is 13. The molecule has 0 saturated heterocycles. The number of carbonyl (C=O) groups excluding carboxylic acids is 1. The molecular weight excluding hydrogens is 448 g/mol. The van der Waals surface area contributed by atoms with E-state index in [2.05, 4.69) is 11.3 Å². The van der Waals surface area contributed by atoms with Gasteiger partial charge in [-0.2, -0.15) is 52.7 Å². The molecule has 0 aliphatic carbocycles. The van der Waals surface area contributed by atoms with Crippen molar-refractivity contribution in [1.82, 2.24) is 0 Å². The molecule has 0 bridgehead atoms. The minimum atomic E-state index is -7.67. The fourth-order valence-corrected chi connectivity index (χ4v) is 1.47. The highest BCUT2D eigenvalue weighted by Gasteiger charge is 2.90. The zero-order valence-corrected chi connectivity index (χ0v) is 12.1. The standard InChI is InChI=1S/C9H3BrF12O2/c1-2-3(23)24-4(10,8(17,18)19)5(11,12)6(13,14)7(15,16)9(20,21)22/h2H,1H2. The summed E-state index contributed by atoms with van der Waals surface area (Å²) in [7, 11) is 0. The lowest BCUT2D eigenvalue weighted by atomic mass is 9.98. The van der Waals surface area contributed by atoms with Crippen molar-refractivity contribution in [3.8, 4) is 0 Å². The minimum absolute atomic E-state index is 0.252. The third kappa shape index (κ3) is 3.18. The summed E-state index contributed by atoms with van der Waals surface area (Å²) in [6, 6.07) is 0. The fraction of sp³-hybridized carbons (Fsp3) is 0.667. The third-order valence-electron chi connectivity index (χ3n) is 2.32. The quantitative estimate of drug-likeness (QED) is 0.259. The Morgan fingerprint density at radius 2 is 1.12 bits per heavy atom. The molecule has 0 amide bonds. The van der Waals surface area contributed by atoms with Gasteiger partial charge in [0.1, 0.15) is 0 Å². The highest BCUT2D eigenvalue weighted by Crippen LogP contribution is 2.61. The van der Waals surface area contributed by atoms with Gasteiger partial charge in [0.05, 0.1) is 0 Å². The Labute approximate surface area is 132 Å². The van der Waals surface area contributed by atoms with Crippen LogP contribution in [-0.4, -0.2) is 40.6 Å². The van der Waals surface area contributed by atoms with Crippen molar-refractivity contribution in [2.75, 3.05) is 0 Å². The van der Waals surface area contributed by atoms with E-state index >= 15 is 0 Å². The van der Waals surface area contributed by atoms with Crippen LogP contribution in [0.25, 0.3) is 0 Å². The molecule has 142 valence electrons. The van der Waals surface area contributed by atoms with Crippen molar-refractivity contribution >= 4 is 21.9 Å². The van der Waals surface area contributed by atoms with E-state index in [9.17, 15) is 57.5 Å². The molecule has 0 N–H and O–H groups in total. The lowest BCUT2D eigenvalue weighted by Gasteiger charge is -2.41. The van der Waals surface area contributed by atoms with E-state index in [1.54, 1.807) is 0 Å². The van der Waals surface area contributed by atoms with E-state index in [0.717, 1.165) is 15.9 Å². The van der Waals surface area contributed by atoms with Crippen molar-refractivity contribution in [2.45, 2.75) is 34.6 Å². The van der Waals surface area contributed by atoms with Gasteiger partial charge in [-0.3, -0.25) is 0 Å². The van der Waals surface area contributed by atoms with E-state index in [1.165, 1.54) is 0 Å². The van der Waals surface area contributed by atoms with Gasteiger partial charge in [0.25, 0.3) is 0 Å². The number of carbonyl (C=O) groups is 1. The van der Waals surface area contributed by atoms with Gasteiger partial charge in [0.15, 0.2) is 0 Å². The summed E-state index contributed by atoms with van der Waals surface area (Å²) in [5, 5.41) is 0. The van der Waals surface area contributed by atoms with Gasteiger partial charge >= 0.3 is 40.6 Å². The zero-order chi connectivity index (χ0) is 20.0. The van der Waals surface area contributed by atoms with E-state index < -0.39 is 40.6 Å². The molecule has 0 saturated carbocycles. The molecule has 0 heterocycles. The van der Waals surface area contributed by atoms with Crippen LogP contribution in [0.4, 0.5) is 52.7 Å². The van der Waals surface area contributed by atoms with E-state index in [4.69, 9.17) is 0 Å². The Balaban J connectivity index is 6.49. The average Bonchev–Trinajstić information content (AvgIpc) is 2.34. The van der Waals surface area contributed by atoms with Crippen LogP contribution in [0.1, 0.15) is 0 Å². The van der Waals surface area contributed by atoms with Gasteiger partial charge in [-0.25, -0.2) is 4.79 Å². The first-order valence-electron chi connectivity index (χ1n) is 5.02. The number of esters is 1. The fourth-order valence-electron chi connectivity index (χ4n) is 1.06. The summed E-state index contributed by atoms with van der Waals surface area (Å²) >= 11 is 0.817. The molecule has 0 aromatic heterocycles.